The molecule has 4 aromatic rings. The normalized spacial score (nSPS) is 11.4. The van der Waals surface area contributed by atoms with Crippen LogP contribution in [0.25, 0.3) is 17.1 Å². The number of alkyl halides is 2. The Bertz CT molecular complexity index is 1120. The van der Waals surface area contributed by atoms with Crippen molar-refractivity contribution in [1.82, 2.24) is 19.6 Å². The van der Waals surface area contributed by atoms with Crippen molar-refractivity contribution in [1.29, 1.82) is 0 Å². The molecule has 0 spiro atoms. The minimum atomic E-state index is -2.80. The van der Waals surface area contributed by atoms with E-state index in [0.29, 0.717) is 23.2 Å². The van der Waals surface area contributed by atoms with Crippen LogP contribution in [0.1, 0.15) is 40.9 Å². The Morgan fingerprint density at radius 2 is 1.96 bits per heavy atom. The summed E-state index contributed by atoms with van der Waals surface area (Å²) in [7, 11) is 0. The summed E-state index contributed by atoms with van der Waals surface area (Å²) in [6.45, 7) is 1.53. The second-order valence-electron chi connectivity index (χ2n) is 6.09. The fourth-order valence-electron chi connectivity index (χ4n) is 2.76. The van der Waals surface area contributed by atoms with Gasteiger partial charge in [-0.25, -0.2) is 4.98 Å². The zero-order valence-electron chi connectivity index (χ0n) is 14.3. The van der Waals surface area contributed by atoms with Crippen LogP contribution in [0.5, 0.6) is 0 Å². The van der Waals surface area contributed by atoms with Crippen molar-refractivity contribution < 1.29 is 18.0 Å². The third-order valence-corrected chi connectivity index (χ3v) is 4.13. The molecule has 0 saturated heterocycles. The summed E-state index contributed by atoms with van der Waals surface area (Å²) in [4.78, 5) is 15.9. The van der Waals surface area contributed by atoms with Crippen molar-refractivity contribution in [2.45, 2.75) is 19.8 Å². The molecule has 4 rings (SSSR count). The maximum atomic E-state index is 12.6. The minimum absolute atomic E-state index is 0.0252. The lowest BCUT2D eigenvalue weighted by Crippen LogP contribution is -1.93. The number of Topliss-reactive ketones (excluding diaryl/α,β-unsaturated/α-hetero) is 1. The van der Waals surface area contributed by atoms with E-state index in [0.717, 1.165) is 11.3 Å². The number of imidazole rings is 1. The summed E-state index contributed by atoms with van der Waals surface area (Å²) in [5.74, 6) is -0.655. The Labute approximate surface area is 152 Å². The number of ketones is 1. The number of rotatable bonds is 5. The second-order valence-corrected chi connectivity index (χ2v) is 6.09. The van der Waals surface area contributed by atoms with Gasteiger partial charge < -0.3 is 8.82 Å². The maximum Gasteiger partial charge on any atom is 0.314 e. The molecule has 0 saturated carbocycles. The largest absolute Gasteiger partial charge is 0.415 e. The van der Waals surface area contributed by atoms with Gasteiger partial charge >= 0.3 is 6.43 Å². The first-order valence-electron chi connectivity index (χ1n) is 8.19. The quantitative estimate of drug-likeness (QED) is 0.496. The Kier molecular flexibility index (Phi) is 4.23. The number of fused-ring (bicyclic) bond motifs is 1. The molecule has 3 heterocycles. The molecule has 3 aromatic heterocycles. The summed E-state index contributed by atoms with van der Waals surface area (Å²) in [6.07, 6.45) is 1.44. The zero-order valence-corrected chi connectivity index (χ0v) is 14.3. The Morgan fingerprint density at radius 3 is 2.63 bits per heavy atom. The summed E-state index contributed by atoms with van der Waals surface area (Å²) < 4.78 is 32.0. The van der Waals surface area contributed by atoms with Crippen LogP contribution < -0.4 is 0 Å². The van der Waals surface area contributed by atoms with Crippen molar-refractivity contribution in [3.8, 4) is 11.5 Å². The lowest BCUT2D eigenvalue weighted by Gasteiger charge is -1.99. The topological polar surface area (TPSA) is 73.3 Å². The van der Waals surface area contributed by atoms with Crippen LogP contribution in [-0.4, -0.2) is 25.4 Å². The fraction of sp³-hybridized carbons (Fsp3) is 0.158. The predicted molar refractivity (Wildman–Crippen MR) is 92.7 cm³/mol. The van der Waals surface area contributed by atoms with E-state index in [1.54, 1.807) is 30.5 Å². The van der Waals surface area contributed by atoms with Gasteiger partial charge in [0, 0.05) is 29.9 Å². The highest BCUT2D eigenvalue weighted by Gasteiger charge is 2.17. The van der Waals surface area contributed by atoms with Gasteiger partial charge in [0.1, 0.15) is 5.65 Å². The second kappa shape index (κ2) is 6.71. The molecule has 0 atom stereocenters. The van der Waals surface area contributed by atoms with Crippen LogP contribution in [-0.2, 0) is 6.42 Å². The molecular formula is C19H14F2N4O2. The number of hydrogen-bond acceptors (Lipinski definition) is 5. The molecule has 8 heteroatoms. The molecule has 0 unspecified atom stereocenters. The highest BCUT2D eigenvalue weighted by atomic mass is 19.3. The summed E-state index contributed by atoms with van der Waals surface area (Å²) in [5.41, 5.74) is 3.69. The molecule has 0 aliphatic rings. The first-order valence-corrected chi connectivity index (χ1v) is 8.19. The highest BCUT2D eigenvalue weighted by Crippen LogP contribution is 2.24. The molecule has 1 aromatic carbocycles. The lowest BCUT2D eigenvalue weighted by atomic mass is 10.1. The number of halogens is 2. The van der Waals surface area contributed by atoms with Gasteiger partial charge in [0.2, 0.25) is 5.89 Å². The first-order chi connectivity index (χ1) is 13.0. The minimum Gasteiger partial charge on any atom is -0.415 e. The molecule has 136 valence electrons. The van der Waals surface area contributed by atoms with E-state index >= 15 is 0 Å². The molecule has 0 radical (unpaired) electrons. The van der Waals surface area contributed by atoms with Crippen molar-refractivity contribution in [2.24, 2.45) is 0 Å². The standard InChI is InChI=1S/C19H14F2N4O2/c1-11(26)13-4-2-12(3-5-13)8-15-10-25-7-6-14(9-16(25)22-15)18-23-24-19(27-18)17(20)21/h2-7,9-10,17H,8H2,1H3. The molecule has 0 amide bonds. The van der Waals surface area contributed by atoms with E-state index in [1.165, 1.54) is 6.92 Å². The van der Waals surface area contributed by atoms with Crippen LogP contribution in [0.3, 0.4) is 0 Å². The van der Waals surface area contributed by atoms with Crippen molar-refractivity contribution in [2.75, 3.05) is 0 Å². The molecule has 0 fully saturated rings. The molecule has 0 aliphatic carbocycles. The van der Waals surface area contributed by atoms with E-state index in [9.17, 15) is 13.6 Å². The van der Waals surface area contributed by atoms with Crippen LogP contribution in [0.15, 0.2) is 53.2 Å². The van der Waals surface area contributed by atoms with Crippen LogP contribution in [0.2, 0.25) is 0 Å². The van der Waals surface area contributed by atoms with Crippen molar-refractivity contribution in [3.63, 3.8) is 0 Å². The van der Waals surface area contributed by atoms with Gasteiger partial charge in [0.05, 0.1) is 5.69 Å². The molecule has 0 aliphatic heterocycles. The average Bonchev–Trinajstić information content (AvgIpc) is 3.28. The lowest BCUT2D eigenvalue weighted by molar-refractivity contribution is 0.101. The summed E-state index contributed by atoms with van der Waals surface area (Å²) in [5, 5.41) is 6.98. The fourth-order valence-corrected chi connectivity index (χ4v) is 2.76. The number of nitrogens with zero attached hydrogens (tertiary/aromatic N) is 4. The van der Waals surface area contributed by atoms with Gasteiger partial charge in [-0.3, -0.25) is 4.79 Å². The maximum absolute atomic E-state index is 12.6. The van der Waals surface area contributed by atoms with E-state index in [2.05, 4.69) is 15.2 Å². The van der Waals surface area contributed by atoms with Crippen LogP contribution in [0, 0.1) is 0 Å². The Hall–Kier alpha value is -3.42. The number of pyridine rings is 1. The van der Waals surface area contributed by atoms with Gasteiger partial charge in [-0.2, -0.15) is 8.78 Å². The number of benzene rings is 1. The SMILES string of the molecule is CC(=O)c1ccc(Cc2cn3ccc(-c4nnc(C(F)F)o4)cc3n2)cc1. The monoisotopic (exact) mass is 368 g/mol. The van der Waals surface area contributed by atoms with E-state index in [-0.39, 0.29) is 11.7 Å². The van der Waals surface area contributed by atoms with E-state index < -0.39 is 12.3 Å². The van der Waals surface area contributed by atoms with Gasteiger partial charge in [0.25, 0.3) is 5.89 Å². The third-order valence-electron chi connectivity index (χ3n) is 4.13. The van der Waals surface area contributed by atoms with E-state index in [4.69, 9.17) is 4.42 Å². The molecule has 27 heavy (non-hydrogen) atoms. The van der Waals surface area contributed by atoms with Gasteiger partial charge in [-0.15, -0.1) is 10.2 Å². The van der Waals surface area contributed by atoms with E-state index in [1.807, 2.05) is 22.7 Å². The van der Waals surface area contributed by atoms with Gasteiger partial charge in [-0.1, -0.05) is 24.3 Å². The number of hydrogen-bond donors (Lipinski definition) is 0. The van der Waals surface area contributed by atoms with Gasteiger partial charge in [0.15, 0.2) is 5.78 Å². The molecule has 0 bridgehead atoms. The highest BCUT2D eigenvalue weighted by molar-refractivity contribution is 5.94. The molecule has 6 nitrogen and oxygen atoms in total. The first kappa shape index (κ1) is 17.0. The van der Waals surface area contributed by atoms with Crippen molar-refractivity contribution >= 4 is 11.4 Å². The number of aromatic nitrogens is 4. The summed E-state index contributed by atoms with van der Waals surface area (Å²) >= 11 is 0. The Balaban J connectivity index is 1.59. The predicted octanol–water partition coefficient (Wildman–Crippen LogP) is 4.12. The van der Waals surface area contributed by atoms with Crippen molar-refractivity contribution in [3.05, 3.63) is 71.5 Å². The summed E-state index contributed by atoms with van der Waals surface area (Å²) in [6, 6.07) is 10.8. The number of carbonyl (C=O) groups is 1. The zero-order chi connectivity index (χ0) is 19.0. The van der Waals surface area contributed by atoms with Gasteiger partial charge in [-0.05, 0) is 24.6 Å². The smallest absolute Gasteiger partial charge is 0.314 e. The number of carbonyl (C=O) groups excluding carboxylic acids is 1. The van der Waals surface area contributed by atoms with Crippen LogP contribution >= 0.6 is 0 Å². The third kappa shape index (κ3) is 3.46. The molecule has 0 N–H and O–H groups in total. The average molecular weight is 368 g/mol. The molecular weight excluding hydrogens is 354 g/mol. The van der Waals surface area contributed by atoms with Crippen LogP contribution in [0.4, 0.5) is 8.78 Å². The Morgan fingerprint density at radius 1 is 1.19 bits per heavy atom.